The van der Waals surface area contributed by atoms with Crippen LogP contribution in [0.1, 0.15) is 29.8 Å². The number of hydrogen-bond donors (Lipinski definition) is 3. The van der Waals surface area contributed by atoms with E-state index in [9.17, 15) is 9.90 Å². The number of aromatic amines is 1. The van der Waals surface area contributed by atoms with Gasteiger partial charge in [0.25, 0.3) is 0 Å². The Kier molecular flexibility index (Phi) is 4.90. The van der Waals surface area contributed by atoms with Crippen LogP contribution in [0.3, 0.4) is 0 Å². The maximum Gasteiger partial charge on any atom is 0.226 e. The molecule has 0 radical (unpaired) electrons. The number of carbonyl (C=O) groups is 1. The van der Waals surface area contributed by atoms with Gasteiger partial charge < -0.3 is 10.4 Å². The van der Waals surface area contributed by atoms with E-state index in [0.717, 1.165) is 17.7 Å². The average Bonchev–Trinajstić information content (AvgIpc) is 2.97. The van der Waals surface area contributed by atoms with Gasteiger partial charge in [-0.15, -0.1) is 0 Å². The molecule has 1 aromatic carbocycles. The lowest BCUT2D eigenvalue weighted by Gasteiger charge is -2.17. The molecule has 0 bridgehead atoms. The monoisotopic (exact) mass is 273 g/mol. The SMILES string of the molecule is CCc1ccc(C(CO)NC(=O)Cc2ccn[nH]2)cc1. The van der Waals surface area contributed by atoms with Crippen molar-refractivity contribution in [2.45, 2.75) is 25.8 Å². The smallest absolute Gasteiger partial charge is 0.226 e. The Bertz CT molecular complexity index is 535. The topological polar surface area (TPSA) is 78.0 Å². The summed E-state index contributed by atoms with van der Waals surface area (Å²) in [7, 11) is 0. The highest BCUT2D eigenvalue weighted by molar-refractivity contribution is 5.78. The molecule has 0 saturated heterocycles. The van der Waals surface area contributed by atoms with Gasteiger partial charge in [-0.05, 0) is 23.6 Å². The third-order valence-electron chi connectivity index (χ3n) is 3.22. The molecule has 3 N–H and O–H groups in total. The van der Waals surface area contributed by atoms with Crippen LogP contribution >= 0.6 is 0 Å². The summed E-state index contributed by atoms with van der Waals surface area (Å²) < 4.78 is 0. The van der Waals surface area contributed by atoms with Gasteiger partial charge in [-0.1, -0.05) is 31.2 Å². The Morgan fingerprint density at radius 3 is 2.65 bits per heavy atom. The maximum absolute atomic E-state index is 11.9. The summed E-state index contributed by atoms with van der Waals surface area (Å²) in [5.41, 5.74) is 2.89. The van der Waals surface area contributed by atoms with E-state index in [4.69, 9.17) is 0 Å². The summed E-state index contributed by atoms with van der Waals surface area (Å²) >= 11 is 0. The van der Waals surface area contributed by atoms with Gasteiger partial charge in [0, 0.05) is 11.9 Å². The second-order valence-corrected chi connectivity index (χ2v) is 4.66. The highest BCUT2D eigenvalue weighted by Gasteiger charge is 2.14. The molecule has 0 aliphatic carbocycles. The number of H-pyrrole nitrogens is 1. The fourth-order valence-electron chi connectivity index (χ4n) is 2.02. The predicted octanol–water partition coefficient (Wildman–Crippen LogP) is 1.36. The zero-order valence-electron chi connectivity index (χ0n) is 11.5. The number of nitrogens with zero attached hydrogens (tertiary/aromatic N) is 1. The van der Waals surface area contributed by atoms with Gasteiger partial charge in [0.1, 0.15) is 0 Å². The summed E-state index contributed by atoms with van der Waals surface area (Å²) in [5.74, 6) is -0.145. The number of aliphatic hydroxyl groups excluding tert-OH is 1. The van der Waals surface area contributed by atoms with Crippen molar-refractivity contribution in [3.8, 4) is 0 Å². The van der Waals surface area contributed by atoms with Crippen LogP contribution in [0.4, 0.5) is 0 Å². The average molecular weight is 273 g/mol. The summed E-state index contributed by atoms with van der Waals surface area (Å²) in [6.07, 6.45) is 2.80. The number of hydrogen-bond acceptors (Lipinski definition) is 3. The van der Waals surface area contributed by atoms with E-state index in [1.807, 2.05) is 24.3 Å². The minimum absolute atomic E-state index is 0.125. The van der Waals surface area contributed by atoms with Gasteiger partial charge in [-0.2, -0.15) is 5.10 Å². The lowest BCUT2D eigenvalue weighted by atomic mass is 10.0. The Labute approximate surface area is 118 Å². The van der Waals surface area contributed by atoms with Gasteiger partial charge in [-0.25, -0.2) is 0 Å². The van der Waals surface area contributed by atoms with Crippen LogP contribution in [0.5, 0.6) is 0 Å². The number of rotatable bonds is 6. The highest BCUT2D eigenvalue weighted by Crippen LogP contribution is 2.14. The summed E-state index contributed by atoms with van der Waals surface area (Å²) in [4.78, 5) is 11.9. The second kappa shape index (κ2) is 6.86. The van der Waals surface area contributed by atoms with Gasteiger partial charge in [0.2, 0.25) is 5.91 Å². The Morgan fingerprint density at radius 2 is 2.10 bits per heavy atom. The van der Waals surface area contributed by atoms with Crippen molar-refractivity contribution in [3.63, 3.8) is 0 Å². The van der Waals surface area contributed by atoms with E-state index in [1.54, 1.807) is 12.3 Å². The van der Waals surface area contributed by atoms with E-state index < -0.39 is 0 Å². The molecule has 0 aliphatic heterocycles. The van der Waals surface area contributed by atoms with Crippen LogP contribution in [0.15, 0.2) is 36.5 Å². The summed E-state index contributed by atoms with van der Waals surface area (Å²) in [6.45, 7) is 1.96. The van der Waals surface area contributed by atoms with Gasteiger partial charge in [-0.3, -0.25) is 9.89 Å². The first-order chi connectivity index (χ1) is 9.72. The van der Waals surface area contributed by atoms with Crippen molar-refractivity contribution < 1.29 is 9.90 Å². The molecule has 1 heterocycles. The molecule has 1 amide bonds. The predicted molar refractivity (Wildman–Crippen MR) is 76.1 cm³/mol. The van der Waals surface area contributed by atoms with E-state index in [0.29, 0.717) is 0 Å². The molecule has 20 heavy (non-hydrogen) atoms. The molecule has 0 spiro atoms. The molecular weight excluding hydrogens is 254 g/mol. The van der Waals surface area contributed by atoms with E-state index in [2.05, 4.69) is 22.4 Å². The molecule has 0 fully saturated rings. The Hall–Kier alpha value is -2.14. The summed E-state index contributed by atoms with van der Waals surface area (Å²) in [5, 5.41) is 18.8. The van der Waals surface area contributed by atoms with Crippen LogP contribution < -0.4 is 5.32 Å². The van der Waals surface area contributed by atoms with Crippen molar-refractivity contribution >= 4 is 5.91 Å². The van der Waals surface area contributed by atoms with Crippen molar-refractivity contribution in [1.29, 1.82) is 0 Å². The van der Waals surface area contributed by atoms with Crippen molar-refractivity contribution in [1.82, 2.24) is 15.5 Å². The zero-order chi connectivity index (χ0) is 14.4. The van der Waals surface area contributed by atoms with Crippen LogP contribution in [0.2, 0.25) is 0 Å². The number of benzene rings is 1. The fraction of sp³-hybridized carbons (Fsp3) is 0.333. The molecule has 1 aromatic heterocycles. The number of aromatic nitrogens is 2. The fourth-order valence-corrected chi connectivity index (χ4v) is 2.02. The number of aryl methyl sites for hydroxylation is 1. The number of carbonyl (C=O) groups excluding carboxylic acids is 1. The number of nitrogens with one attached hydrogen (secondary N) is 2. The van der Waals surface area contributed by atoms with Crippen LogP contribution in [-0.2, 0) is 17.6 Å². The first-order valence-electron chi connectivity index (χ1n) is 6.70. The minimum Gasteiger partial charge on any atom is -0.394 e. The second-order valence-electron chi connectivity index (χ2n) is 4.66. The van der Waals surface area contributed by atoms with Crippen molar-refractivity contribution in [3.05, 3.63) is 53.3 Å². The molecular formula is C15H19N3O2. The lowest BCUT2D eigenvalue weighted by Crippen LogP contribution is -2.32. The standard InChI is InChI=1S/C15H19N3O2/c1-2-11-3-5-12(6-4-11)14(10-19)17-15(20)9-13-7-8-16-18-13/h3-8,14,19H,2,9-10H2,1H3,(H,16,18)(H,17,20). The molecule has 106 valence electrons. The number of amides is 1. The quantitative estimate of drug-likeness (QED) is 0.743. The maximum atomic E-state index is 11.9. The largest absolute Gasteiger partial charge is 0.394 e. The normalized spacial score (nSPS) is 12.1. The van der Waals surface area contributed by atoms with E-state index in [-0.39, 0.29) is 25.0 Å². The molecule has 1 unspecified atom stereocenters. The Morgan fingerprint density at radius 1 is 1.35 bits per heavy atom. The van der Waals surface area contributed by atoms with Crippen LogP contribution in [0.25, 0.3) is 0 Å². The molecule has 2 rings (SSSR count). The zero-order valence-corrected chi connectivity index (χ0v) is 11.5. The lowest BCUT2D eigenvalue weighted by molar-refractivity contribution is -0.121. The van der Waals surface area contributed by atoms with E-state index in [1.165, 1.54) is 5.56 Å². The third kappa shape index (κ3) is 3.68. The van der Waals surface area contributed by atoms with E-state index >= 15 is 0 Å². The third-order valence-corrected chi connectivity index (χ3v) is 3.22. The van der Waals surface area contributed by atoms with Crippen molar-refractivity contribution in [2.75, 3.05) is 6.61 Å². The van der Waals surface area contributed by atoms with Gasteiger partial charge in [0.05, 0.1) is 19.1 Å². The molecule has 1 atom stereocenters. The Balaban J connectivity index is 1.98. The summed E-state index contributed by atoms with van der Waals surface area (Å²) in [6, 6.07) is 9.28. The molecule has 5 heteroatoms. The first kappa shape index (κ1) is 14.3. The number of aliphatic hydroxyl groups is 1. The van der Waals surface area contributed by atoms with Crippen LogP contribution in [-0.4, -0.2) is 27.8 Å². The molecule has 2 aromatic rings. The first-order valence-corrected chi connectivity index (χ1v) is 6.70. The van der Waals surface area contributed by atoms with Gasteiger partial charge in [0.15, 0.2) is 0 Å². The minimum atomic E-state index is -0.378. The molecule has 5 nitrogen and oxygen atoms in total. The van der Waals surface area contributed by atoms with Crippen LogP contribution in [0, 0.1) is 0 Å². The van der Waals surface area contributed by atoms with Gasteiger partial charge >= 0.3 is 0 Å². The molecule has 0 saturated carbocycles. The molecule has 0 aliphatic rings. The van der Waals surface area contributed by atoms with Crippen molar-refractivity contribution in [2.24, 2.45) is 0 Å². The highest BCUT2D eigenvalue weighted by atomic mass is 16.3.